The molecular formula is C16H11N3O4S. The number of nitro benzene ring substituents is 1. The van der Waals surface area contributed by atoms with E-state index in [1.165, 1.54) is 18.2 Å². The molecule has 0 bridgehead atoms. The number of non-ortho nitro benzene ring substituents is 1. The molecule has 120 valence electrons. The van der Waals surface area contributed by atoms with Crippen LogP contribution in [0.3, 0.4) is 0 Å². The summed E-state index contributed by atoms with van der Waals surface area (Å²) < 4.78 is 5.44. The maximum absolute atomic E-state index is 12.1. The van der Waals surface area contributed by atoms with E-state index < -0.39 is 10.8 Å². The third-order valence-electron chi connectivity index (χ3n) is 3.19. The number of amides is 1. The number of carbonyl (C=O) groups is 1. The lowest BCUT2D eigenvalue weighted by atomic mass is 10.2. The summed E-state index contributed by atoms with van der Waals surface area (Å²) in [6, 6.07) is 14.6. The van der Waals surface area contributed by atoms with Crippen LogP contribution in [0.2, 0.25) is 0 Å². The molecule has 1 heterocycles. The molecule has 0 aliphatic heterocycles. The first kappa shape index (κ1) is 15.6. The van der Waals surface area contributed by atoms with Crippen LogP contribution in [0.4, 0.5) is 11.4 Å². The molecular weight excluding hydrogens is 330 g/mol. The highest BCUT2D eigenvalue weighted by atomic mass is 32.1. The van der Waals surface area contributed by atoms with Gasteiger partial charge in [-0.3, -0.25) is 20.2 Å². The highest BCUT2D eigenvalue weighted by Crippen LogP contribution is 2.19. The van der Waals surface area contributed by atoms with Gasteiger partial charge in [0.15, 0.2) is 10.9 Å². The number of anilines is 1. The van der Waals surface area contributed by atoms with Crippen molar-refractivity contribution in [2.75, 3.05) is 5.32 Å². The molecule has 3 rings (SSSR count). The second kappa shape index (κ2) is 6.47. The number of nitrogens with zero attached hydrogens (tertiary/aromatic N) is 1. The molecule has 2 aromatic carbocycles. The van der Waals surface area contributed by atoms with Crippen LogP contribution in [-0.2, 0) is 0 Å². The van der Waals surface area contributed by atoms with E-state index >= 15 is 0 Å². The van der Waals surface area contributed by atoms with Gasteiger partial charge in [-0.15, -0.1) is 0 Å². The van der Waals surface area contributed by atoms with Gasteiger partial charge in [0.2, 0.25) is 0 Å². The van der Waals surface area contributed by atoms with E-state index in [2.05, 4.69) is 10.6 Å². The van der Waals surface area contributed by atoms with Crippen molar-refractivity contribution in [2.24, 2.45) is 0 Å². The van der Waals surface area contributed by atoms with Crippen molar-refractivity contribution in [2.45, 2.75) is 0 Å². The molecule has 3 aromatic rings. The summed E-state index contributed by atoms with van der Waals surface area (Å²) in [6.45, 7) is 0. The van der Waals surface area contributed by atoms with Gasteiger partial charge in [0.1, 0.15) is 5.58 Å². The fourth-order valence-corrected chi connectivity index (χ4v) is 2.33. The minimum Gasteiger partial charge on any atom is -0.451 e. The molecule has 1 amide bonds. The first-order valence-corrected chi connectivity index (χ1v) is 7.29. The van der Waals surface area contributed by atoms with E-state index in [4.69, 9.17) is 16.6 Å². The molecule has 0 radical (unpaired) electrons. The molecule has 0 saturated heterocycles. The Hall–Kier alpha value is -3.26. The zero-order chi connectivity index (χ0) is 17.1. The maximum atomic E-state index is 12.1. The lowest BCUT2D eigenvalue weighted by molar-refractivity contribution is -0.384. The van der Waals surface area contributed by atoms with Crippen LogP contribution in [0.1, 0.15) is 10.6 Å². The summed E-state index contributed by atoms with van der Waals surface area (Å²) in [5.74, 6) is -0.381. The van der Waals surface area contributed by atoms with E-state index in [0.717, 1.165) is 5.39 Å². The molecule has 7 nitrogen and oxygen atoms in total. The number of thiocarbonyl (C=S) groups is 1. The summed E-state index contributed by atoms with van der Waals surface area (Å²) in [5.41, 5.74) is 0.922. The smallest absolute Gasteiger partial charge is 0.293 e. The standard InChI is InChI=1S/C16H11N3O4S/c20-15(14-8-10-4-1-2-7-13(10)23-14)18-16(24)17-11-5-3-6-12(9-11)19(21)22/h1-9H,(H2,17,18,20,24). The number of nitro groups is 1. The van der Waals surface area contributed by atoms with Crippen LogP contribution < -0.4 is 10.6 Å². The third-order valence-corrected chi connectivity index (χ3v) is 3.40. The van der Waals surface area contributed by atoms with Crippen LogP contribution in [0.5, 0.6) is 0 Å². The molecule has 0 spiro atoms. The molecule has 1 aromatic heterocycles. The van der Waals surface area contributed by atoms with E-state index in [9.17, 15) is 14.9 Å². The van der Waals surface area contributed by atoms with Crippen molar-refractivity contribution >= 4 is 45.6 Å². The predicted molar refractivity (Wildman–Crippen MR) is 93.0 cm³/mol. The number of rotatable bonds is 3. The first-order chi connectivity index (χ1) is 11.5. The Morgan fingerprint density at radius 3 is 2.67 bits per heavy atom. The number of furan rings is 1. The van der Waals surface area contributed by atoms with Gasteiger partial charge in [-0.05, 0) is 30.4 Å². The molecule has 2 N–H and O–H groups in total. The van der Waals surface area contributed by atoms with Crippen molar-refractivity contribution in [3.8, 4) is 0 Å². The zero-order valence-electron chi connectivity index (χ0n) is 12.2. The highest BCUT2D eigenvalue weighted by molar-refractivity contribution is 7.80. The first-order valence-electron chi connectivity index (χ1n) is 6.88. The van der Waals surface area contributed by atoms with E-state index in [-0.39, 0.29) is 16.6 Å². The number of hydrogen-bond donors (Lipinski definition) is 2. The Balaban J connectivity index is 1.69. The van der Waals surface area contributed by atoms with Gasteiger partial charge < -0.3 is 9.73 Å². The van der Waals surface area contributed by atoms with Crippen molar-refractivity contribution in [1.29, 1.82) is 0 Å². The largest absolute Gasteiger partial charge is 0.451 e. The number of para-hydroxylation sites is 1. The third kappa shape index (κ3) is 3.39. The summed E-state index contributed by atoms with van der Waals surface area (Å²) in [6.07, 6.45) is 0. The van der Waals surface area contributed by atoms with Crippen LogP contribution in [-0.4, -0.2) is 15.9 Å². The van der Waals surface area contributed by atoms with Crippen molar-refractivity contribution < 1.29 is 14.1 Å². The minimum absolute atomic E-state index is 0.0148. The quantitative estimate of drug-likeness (QED) is 0.430. The van der Waals surface area contributed by atoms with Gasteiger partial charge in [-0.2, -0.15) is 0 Å². The molecule has 0 aliphatic rings. The average Bonchev–Trinajstić information content (AvgIpc) is 2.99. The maximum Gasteiger partial charge on any atom is 0.293 e. The Bertz CT molecular complexity index is 918. The Kier molecular flexibility index (Phi) is 4.21. The number of nitrogens with one attached hydrogen (secondary N) is 2. The normalized spacial score (nSPS) is 10.3. The van der Waals surface area contributed by atoms with E-state index in [1.807, 2.05) is 18.2 Å². The van der Waals surface area contributed by atoms with Crippen molar-refractivity contribution in [1.82, 2.24) is 5.32 Å². The van der Waals surface area contributed by atoms with Gasteiger partial charge in [-0.25, -0.2) is 0 Å². The molecule has 0 fully saturated rings. The van der Waals surface area contributed by atoms with E-state index in [1.54, 1.807) is 18.2 Å². The van der Waals surface area contributed by atoms with Gasteiger partial charge in [0, 0.05) is 23.2 Å². The minimum atomic E-state index is -0.513. The summed E-state index contributed by atoms with van der Waals surface area (Å²) in [4.78, 5) is 22.4. The predicted octanol–water partition coefficient (Wildman–Crippen LogP) is 3.47. The van der Waals surface area contributed by atoms with Gasteiger partial charge in [-0.1, -0.05) is 24.3 Å². The molecule has 0 unspecified atom stereocenters. The fourth-order valence-electron chi connectivity index (χ4n) is 2.12. The Morgan fingerprint density at radius 1 is 1.12 bits per heavy atom. The summed E-state index contributed by atoms with van der Waals surface area (Å²) in [5, 5.41) is 16.8. The molecule has 0 aliphatic carbocycles. The average molecular weight is 341 g/mol. The van der Waals surface area contributed by atoms with E-state index in [0.29, 0.717) is 11.3 Å². The van der Waals surface area contributed by atoms with Crippen LogP contribution >= 0.6 is 12.2 Å². The summed E-state index contributed by atoms with van der Waals surface area (Å²) in [7, 11) is 0. The summed E-state index contributed by atoms with van der Waals surface area (Å²) >= 11 is 5.05. The lowest BCUT2D eigenvalue weighted by Gasteiger charge is -2.08. The monoisotopic (exact) mass is 341 g/mol. The zero-order valence-corrected chi connectivity index (χ0v) is 13.0. The van der Waals surface area contributed by atoms with Gasteiger partial charge >= 0.3 is 0 Å². The fraction of sp³-hybridized carbons (Fsp3) is 0. The van der Waals surface area contributed by atoms with Gasteiger partial charge in [0.25, 0.3) is 11.6 Å². The molecule has 24 heavy (non-hydrogen) atoms. The Morgan fingerprint density at radius 2 is 1.92 bits per heavy atom. The van der Waals surface area contributed by atoms with Crippen molar-refractivity contribution in [3.63, 3.8) is 0 Å². The number of hydrogen-bond acceptors (Lipinski definition) is 5. The number of carbonyl (C=O) groups excluding carboxylic acids is 1. The molecule has 0 atom stereocenters. The number of benzene rings is 2. The van der Waals surface area contributed by atoms with Crippen LogP contribution in [0.15, 0.2) is 59.0 Å². The molecule has 0 saturated carbocycles. The van der Waals surface area contributed by atoms with Crippen LogP contribution in [0, 0.1) is 10.1 Å². The second-order valence-corrected chi connectivity index (χ2v) is 5.27. The molecule has 8 heteroatoms. The SMILES string of the molecule is O=C(NC(=S)Nc1cccc([N+](=O)[O-])c1)c1cc2ccccc2o1. The van der Waals surface area contributed by atoms with Crippen molar-refractivity contribution in [3.05, 3.63) is 70.5 Å². The Labute approximate surface area is 141 Å². The highest BCUT2D eigenvalue weighted by Gasteiger charge is 2.14. The topological polar surface area (TPSA) is 97.4 Å². The lowest BCUT2D eigenvalue weighted by Crippen LogP contribution is -2.33. The second-order valence-electron chi connectivity index (χ2n) is 4.86. The van der Waals surface area contributed by atoms with Gasteiger partial charge in [0.05, 0.1) is 4.92 Å². The number of fused-ring (bicyclic) bond motifs is 1. The van der Waals surface area contributed by atoms with Crippen LogP contribution in [0.25, 0.3) is 11.0 Å².